The van der Waals surface area contributed by atoms with Gasteiger partial charge in [0.15, 0.2) is 0 Å². The van der Waals surface area contributed by atoms with Crippen LogP contribution in [0.15, 0.2) is 56.6 Å². The van der Waals surface area contributed by atoms with Crippen molar-refractivity contribution in [1.82, 2.24) is 10.2 Å². The number of hydrogen-bond donors (Lipinski definition) is 0. The third-order valence-corrected chi connectivity index (χ3v) is 5.00. The summed E-state index contributed by atoms with van der Waals surface area (Å²) in [6.45, 7) is 0. The summed E-state index contributed by atoms with van der Waals surface area (Å²) in [4.78, 5) is 0. The highest BCUT2D eigenvalue weighted by molar-refractivity contribution is 9.10. The maximum absolute atomic E-state index is 6.00. The molecule has 0 N–H and O–H groups in total. The zero-order valence-electron chi connectivity index (χ0n) is 11.1. The van der Waals surface area contributed by atoms with E-state index in [-0.39, 0.29) is 0 Å². The van der Waals surface area contributed by atoms with Crippen LogP contribution in [0.5, 0.6) is 0 Å². The molecule has 2 aromatic carbocycles. The van der Waals surface area contributed by atoms with Crippen LogP contribution in [0, 0.1) is 0 Å². The minimum Gasteiger partial charge on any atom is -0.411 e. The molecule has 0 amide bonds. The molecule has 0 aliphatic carbocycles. The zero-order valence-corrected chi connectivity index (χ0v) is 15.0. The van der Waals surface area contributed by atoms with Crippen molar-refractivity contribution >= 4 is 50.9 Å². The lowest BCUT2D eigenvalue weighted by atomic mass is 10.2. The average molecular weight is 416 g/mol. The molecule has 1 heterocycles. The molecule has 0 atom stereocenters. The van der Waals surface area contributed by atoms with Gasteiger partial charge >= 0.3 is 0 Å². The van der Waals surface area contributed by atoms with Crippen LogP contribution in [0.1, 0.15) is 5.56 Å². The second kappa shape index (κ2) is 7.04. The largest absolute Gasteiger partial charge is 0.411 e. The third-order valence-electron chi connectivity index (χ3n) is 2.84. The fraction of sp³-hybridized carbons (Fsp3) is 0.0667. The van der Waals surface area contributed by atoms with Gasteiger partial charge in [0.05, 0.1) is 10.0 Å². The standard InChI is InChI=1S/C15H9BrCl2N2OS/c16-11-4-2-10(3-5-11)14-19-20-15(21-14)22-8-9-1-6-12(17)13(18)7-9/h1-7H,8H2. The van der Waals surface area contributed by atoms with Crippen molar-refractivity contribution in [2.24, 2.45) is 0 Å². The number of rotatable bonds is 4. The van der Waals surface area contributed by atoms with Crippen LogP contribution in [-0.2, 0) is 5.75 Å². The summed E-state index contributed by atoms with van der Waals surface area (Å²) >= 11 is 16.7. The third kappa shape index (κ3) is 3.84. The number of halogens is 3. The Morgan fingerprint density at radius 1 is 1.00 bits per heavy atom. The molecule has 7 heteroatoms. The lowest BCUT2D eigenvalue weighted by Gasteiger charge is -2.00. The first-order valence-electron chi connectivity index (χ1n) is 6.28. The Bertz CT molecular complexity index is 792. The van der Waals surface area contributed by atoms with Crippen molar-refractivity contribution in [2.75, 3.05) is 0 Å². The second-order valence-corrected chi connectivity index (χ2v) is 7.07. The molecule has 0 bridgehead atoms. The van der Waals surface area contributed by atoms with E-state index < -0.39 is 0 Å². The van der Waals surface area contributed by atoms with Gasteiger partial charge in [0.2, 0.25) is 5.89 Å². The van der Waals surface area contributed by atoms with E-state index in [1.807, 2.05) is 36.4 Å². The van der Waals surface area contributed by atoms with Crippen LogP contribution in [0.4, 0.5) is 0 Å². The first-order valence-corrected chi connectivity index (χ1v) is 8.81. The van der Waals surface area contributed by atoms with Crippen molar-refractivity contribution in [2.45, 2.75) is 11.0 Å². The fourth-order valence-corrected chi connectivity index (χ4v) is 3.04. The Hall–Kier alpha value is -1.01. The van der Waals surface area contributed by atoms with Crippen molar-refractivity contribution < 1.29 is 4.42 Å². The van der Waals surface area contributed by atoms with E-state index in [4.69, 9.17) is 27.6 Å². The lowest BCUT2D eigenvalue weighted by Crippen LogP contribution is -1.81. The molecule has 3 aromatic rings. The van der Waals surface area contributed by atoms with Gasteiger partial charge in [-0.25, -0.2) is 0 Å². The monoisotopic (exact) mass is 414 g/mol. The number of thioether (sulfide) groups is 1. The SMILES string of the molecule is Clc1ccc(CSc2nnc(-c3ccc(Br)cc3)o2)cc1Cl. The van der Waals surface area contributed by atoms with Gasteiger partial charge in [-0.15, -0.1) is 10.2 Å². The molecule has 22 heavy (non-hydrogen) atoms. The molecular weight excluding hydrogens is 407 g/mol. The highest BCUT2D eigenvalue weighted by atomic mass is 79.9. The molecule has 0 spiro atoms. The maximum atomic E-state index is 6.00. The van der Waals surface area contributed by atoms with Gasteiger partial charge in [-0.2, -0.15) is 0 Å². The molecule has 1 aromatic heterocycles. The summed E-state index contributed by atoms with van der Waals surface area (Å²) in [6, 6.07) is 13.2. The van der Waals surface area contributed by atoms with Gasteiger partial charge in [0.1, 0.15) is 0 Å². The molecule has 112 valence electrons. The van der Waals surface area contributed by atoms with E-state index in [1.54, 1.807) is 6.07 Å². The maximum Gasteiger partial charge on any atom is 0.277 e. The van der Waals surface area contributed by atoms with E-state index in [2.05, 4.69) is 26.1 Å². The predicted molar refractivity (Wildman–Crippen MR) is 93.5 cm³/mol. The molecule has 0 aliphatic heterocycles. The Kier molecular flexibility index (Phi) is 5.08. The number of hydrogen-bond acceptors (Lipinski definition) is 4. The number of aromatic nitrogens is 2. The summed E-state index contributed by atoms with van der Waals surface area (Å²) in [5.41, 5.74) is 1.93. The van der Waals surface area contributed by atoms with Crippen molar-refractivity contribution in [3.05, 3.63) is 62.5 Å². The van der Waals surface area contributed by atoms with E-state index in [1.165, 1.54) is 11.8 Å². The quantitative estimate of drug-likeness (QED) is 0.482. The van der Waals surface area contributed by atoms with Gasteiger partial charge in [0, 0.05) is 15.8 Å². The van der Waals surface area contributed by atoms with Crippen LogP contribution in [0.2, 0.25) is 10.0 Å². The van der Waals surface area contributed by atoms with Crippen molar-refractivity contribution in [3.63, 3.8) is 0 Å². The van der Waals surface area contributed by atoms with Gasteiger partial charge in [-0.3, -0.25) is 0 Å². The Morgan fingerprint density at radius 3 is 2.50 bits per heavy atom. The average Bonchev–Trinajstić information content (AvgIpc) is 2.98. The fourth-order valence-electron chi connectivity index (χ4n) is 1.75. The molecule has 3 nitrogen and oxygen atoms in total. The van der Waals surface area contributed by atoms with Gasteiger partial charge in [-0.05, 0) is 42.0 Å². The van der Waals surface area contributed by atoms with Crippen molar-refractivity contribution in [3.8, 4) is 11.5 Å². The van der Waals surface area contributed by atoms with E-state index in [0.717, 1.165) is 15.6 Å². The van der Waals surface area contributed by atoms with E-state index in [0.29, 0.717) is 26.9 Å². The van der Waals surface area contributed by atoms with Crippen LogP contribution in [0.3, 0.4) is 0 Å². The van der Waals surface area contributed by atoms with Crippen LogP contribution in [-0.4, -0.2) is 10.2 Å². The van der Waals surface area contributed by atoms with Crippen LogP contribution < -0.4 is 0 Å². The molecule has 0 radical (unpaired) electrons. The molecular formula is C15H9BrCl2N2OS. The summed E-state index contributed by atoms with van der Waals surface area (Å²) in [5.74, 6) is 1.18. The zero-order chi connectivity index (χ0) is 15.5. The molecule has 3 rings (SSSR count). The normalized spacial score (nSPS) is 10.9. The topological polar surface area (TPSA) is 38.9 Å². The van der Waals surface area contributed by atoms with Gasteiger partial charge in [0.25, 0.3) is 5.22 Å². The Labute approximate surface area is 150 Å². The van der Waals surface area contributed by atoms with Crippen LogP contribution >= 0.6 is 50.9 Å². The molecule has 0 saturated heterocycles. The van der Waals surface area contributed by atoms with Crippen molar-refractivity contribution in [1.29, 1.82) is 0 Å². The highest BCUT2D eigenvalue weighted by Crippen LogP contribution is 2.29. The smallest absolute Gasteiger partial charge is 0.277 e. The summed E-state index contributed by atoms with van der Waals surface area (Å²) in [7, 11) is 0. The molecule has 0 aliphatic rings. The van der Waals surface area contributed by atoms with E-state index >= 15 is 0 Å². The summed E-state index contributed by atoms with van der Waals surface area (Å²) < 4.78 is 6.66. The molecule has 0 saturated carbocycles. The van der Waals surface area contributed by atoms with E-state index in [9.17, 15) is 0 Å². The molecule has 0 fully saturated rings. The first-order chi connectivity index (χ1) is 10.6. The predicted octanol–water partition coefficient (Wildman–Crippen LogP) is 6.10. The van der Waals surface area contributed by atoms with Gasteiger partial charge in [-0.1, -0.05) is 57.0 Å². The summed E-state index contributed by atoms with van der Waals surface area (Å²) in [5, 5.41) is 9.71. The number of nitrogens with zero attached hydrogens (tertiary/aromatic N) is 2. The first kappa shape index (κ1) is 15.9. The minimum absolute atomic E-state index is 0.504. The van der Waals surface area contributed by atoms with Gasteiger partial charge < -0.3 is 4.42 Å². The minimum atomic E-state index is 0.504. The Balaban J connectivity index is 1.69. The van der Waals surface area contributed by atoms with Crippen LogP contribution in [0.25, 0.3) is 11.5 Å². The molecule has 0 unspecified atom stereocenters. The summed E-state index contributed by atoms with van der Waals surface area (Å²) in [6.07, 6.45) is 0. The highest BCUT2D eigenvalue weighted by Gasteiger charge is 2.09. The second-order valence-electron chi connectivity index (χ2n) is 4.42. The lowest BCUT2D eigenvalue weighted by molar-refractivity contribution is 0.466. The Morgan fingerprint density at radius 2 is 1.77 bits per heavy atom. The number of benzene rings is 2.